The van der Waals surface area contributed by atoms with Crippen molar-refractivity contribution in [2.45, 2.75) is 25.6 Å². The summed E-state index contributed by atoms with van der Waals surface area (Å²) < 4.78 is 51.5. The molecule has 1 aliphatic heterocycles. The molecule has 0 unspecified atom stereocenters. The molecule has 3 aromatic rings. The second kappa shape index (κ2) is 8.62. The summed E-state index contributed by atoms with van der Waals surface area (Å²) in [6.07, 6.45) is -3.08. The second-order valence-electron chi connectivity index (χ2n) is 7.32. The first-order valence-electron chi connectivity index (χ1n) is 9.96. The highest BCUT2D eigenvalue weighted by molar-refractivity contribution is 6.06. The lowest BCUT2D eigenvalue weighted by Crippen LogP contribution is -2.21. The van der Waals surface area contributed by atoms with Gasteiger partial charge in [-0.2, -0.15) is 13.2 Å². The van der Waals surface area contributed by atoms with Crippen LogP contribution in [0.25, 0.3) is 10.9 Å². The maximum Gasteiger partial charge on any atom is 0.416 e. The molecule has 1 N–H and O–H groups in total. The van der Waals surface area contributed by atoms with E-state index in [1.54, 1.807) is 4.57 Å². The van der Waals surface area contributed by atoms with Crippen LogP contribution >= 0.6 is 0 Å². The Balaban J connectivity index is 1.66. The Morgan fingerprint density at radius 2 is 2.00 bits per heavy atom. The fourth-order valence-electron chi connectivity index (χ4n) is 3.58. The smallest absolute Gasteiger partial charge is 0.416 e. The lowest BCUT2D eigenvalue weighted by atomic mass is 10.1. The number of methoxy groups -OCH3 is 1. The van der Waals surface area contributed by atoms with Crippen LogP contribution in [-0.2, 0) is 23.9 Å². The summed E-state index contributed by atoms with van der Waals surface area (Å²) in [6, 6.07) is 7.27. The number of nitrogens with zero attached hydrogens (tertiary/aromatic N) is 2. The van der Waals surface area contributed by atoms with Crippen molar-refractivity contribution >= 4 is 22.5 Å². The first-order chi connectivity index (χ1) is 15.3. The molecule has 0 saturated carbocycles. The van der Waals surface area contributed by atoms with Crippen LogP contribution in [0.1, 0.15) is 28.2 Å². The monoisotopic (exact) mass is 447 g/mol. The van der Waals surface area contributed by atoms with Gasteiger partial charge in [0, 0.05) is 25.6 Å². The fraction of sp³-hybridized carbons (Fsp3) is 0.318. The summed E-state index contributed by atoms with van der Waals surface area (Å²) >= 11 is 0. The minimum Gasteiger partial charge on any atom is -0.489 e. The normalized spacial score (nSPS) is 13.2. The Hall–Kier alpha value is -3.40. The van der Waals surface area contributed by atoms with Gasteiger partial charge >= 0.3 is 6.18 Å². The molecule has 0 radical (unpaired) electrons. The largest absolute Gasteiger partial charge is 0.489 e. The molecule has 168 valence electrons. The van der Waals surface area contributed by atoms with Gasteiger partial charge < -0.3 is 14.8 Å². The molecule has 32 heavy (non-hydrogen) atoms. The number of carbonyl (C=O) groups is 1. The number of alkyl halides is 3. The molecule has 2 aromatic carbocycles. The molecule has 2 heterocycles. The molecule has 0 bridgehead atoms. The number of hydrogen-bond acceptors (Lipinski definition) is 5. The van der Waals surface area contributed by atoms with Crippen LogP contribution in [0.15, 0.2) is 41.2 Å². The quantitative estimate of drug-likeness (QED) is 0.584. The van der Waals surface area contributed by atoms with Crippen LogP contribution in [0.5, 0.6) is 5.75 Å². The van der Waals surface area contributed by atoms with Crippen LogP contribution in [0.3, 0.4) is 0 Å². The molecular formula is C22H20F3N3O4. The first-order valence-corrected chi connectivity index (χ1v) is 9.96. The number of amides is 1. The van der Waals surface area contributed by atoms with E-state index < -0.39 is 17.6 Å². The fourth-order valence-corrected chi connectivity index (χ4v) is 3.58. The van der Waals surface area contributed by atoms with Crippen LogP contribution in [0, 0.1) is 0 Å². The van der Waals surface area contributed by atoms with Gasteiger partial charge in [-0.05, 0) is 42.8 Å². The number of nitrogens with one attached hydrogen (secondary N) is 1. The minimum atomic E-state index is -4.58. The van der Waals surface area contributed by atoms with Crippen molar-refractivity contribution in [3.05, 3.63) is 63.7 Å². The van der Waals surface area contributed by atoms with Crippen LogP contribution in [-0.4, -0.2) is 35.8 Å². The number of halogens is 3. The zero-order chi connectivity index (χ0) is 22.9. The molecule has 0 spiro atoms. The number of anilines is 1. The highest BCUT2D eigenvalue weighted by Gasteiger charge is 2.31. The lowest BCUT2D eigenvalue weighted by molar-refractivity contribution is -0.137. The van der Waals surface area contributed by atoms with E-state index in [9.17, 15) is 22.8 Å². The van der Waals surface area contributed by atoms with Crippen LogP contribution < -0.4 is 15.6 Å². The highest BCUT2D eigenvalue weighted by atomic mass is 19.4. The van der Waals surface area contributed by atoms with Gasteiger partial charge in [-0.15, -0.1) is 0 Å². The molecule has 0 aliphatic carbocycles. The van der Waals surface area contributed by atoms with Gasteiger partial charge in [-0.3, -0.25) is 14.2 Å². The summed E-state index contributed by atoms with van der Waals surface area (Å²) in [6.45, 7) is 0.936. The van der Waals surface area contributed by atoms with Gasteiger partial charge in [-0.1, -0.05) is 0 Å². The third-order valence-electron chi connectivity index (χ3n) is 5.18. The number of rotatable bonds is 6. The van der Waals surface area contributed by atoms with E-state index in [0.29, 0.717) is 29.7 Å². The third kappa shape index (κ3) is 4.31. The van der Waals surface area contributed by atoms with Crippen molar-refractivity contribution in [2.75, 3.05) is 25.6 Å². The van der Waals surface area contributed by atoms with Gasteiger partial charge in [0.1, 0.15) is 18.2 Å². The maximum atomic E-state index is 13.2. The number of carbonyl (C=O) groups excluding carboxylic acids is 1. The topological polar surface area (TPSA) is 82.5 Å². The molecule has 1 amide bonds. The van der Waals surface area contributed by atoms with Crippen molar-refractivity contribution in [1.29, 1.82) is 0 Å². The summed E-state index contributed by atoms with van der Waals surface area (Å²) in [5.74, 6) is 0.0929. The van der Waals surface area contributed by atoms with E-state index in [2.05, 4.69) is 10.3 Å². The SMILES string of the molecule is COCCOc1ccc(C(F)(F)F)cc1NC(=O)c1ccc2c(=O)n3c(nc2c1)CCC3. The summed E-state index contributed by atoms with van der Waals surface area (Å²) in [5.41, 5.74) is -0.677. The van der Waals surface area contributed by atoms with E-state index in [4.69, 9.17) is 9.47 Å². The zero-order valence-corrected chi connectivity index (χ0v) is 17.2. The molecule has 1 aliphatic rings. The third-order valence-corrected chi connectivity index (χ3v) is 5.18. The summed E-state index contributed by atoms with van der Waals surface area (Å²) in [7, 11) is 1.47. The second-order valence-corrected chi connectivity index (χ2v) is 7.32. The van der Waals surface area contributed by atoms with Gasteiger partial charge in [0.25, 0.3) is 11.5 Å². The summed E-state index contributed by atoms with van der Waals surface area (Å²) in [4.78, 5) is 29.9. The molecule has 1 aromatic heterocycles. The molecule has 4 rings (SSSR count). The maximum absolute atomic E-state index is 13.2. The summed E-state index contributed by atoms with van der Waals surface area (Å²) in [5, 5.41) is 2.87. The van der Waals surface area contributed by atoms with Gasteiger partial charge in [0.05, 0.1) is 28.8 Å². The standard InChI is InChI=1S/C22H20F3N3O4/c1-31-9-10-32-18-7-5-14(22(23,24)25)12-17(18)27-20(29)13-4-6-15-16(11-13)26-19-3-2-8-28(19)21(15)30/h4-7,11-12H,2-3,8-10H2,1H3,(H,27,29). The van der Waals surface area contributed by atoms with Crippen LogP contribution in [0.2, 0.25) is 0 Å². The molecule has 0 fully saturated rings. The average molecular weight is 447 g/mol. The highest BCUT2D eigenvalue weighted by Crippen LogP contribution is 2.35. The van der Waals surface area contributed by atoms with Gasteiger partial charge in [0.2, 0.25) is 0 Å². The van der Waals surface area contributed by atoms with Crippen molar-refractivity contribution in [3.8, 4) is 5.75 Å². The Bertz CT molecular complexity index is 1240. The first kappa shape index (κ1) is 21.8. The number of hydrogen-bond donors (Lipinski definition) is 1. The number of aryl methyl sites for hydroxylation is 1. The van der Waals surface area contributed by atoms with Gasteiger partial charge in [-0.25, -0.2) is 4.98 Å². The minimum absolute atomic E-state index is 0.0818. The van der Waals surface area contributed by atoms with Crippen molar-refractivity contribution in [2.24, 2.45) is 0 Å². The van der Waals surface area contributed by atoms with E-state index in [1.165, 1.54) is 25.3 Å². The van der Waals surface area contributed by atoms with E-state index in [1.807, 2.05) is 0 Å². The molecule has 0 atom stereocenters. The number of ether oxygens (including phenoxy) is 2. The molecule has 10 heteroatoms. The molecule has 7 nitrogen and oxygen atoms in total. The van der Waals surface area contributed by atoms with E-state index >= 15 is 0 Å². The average Bonchev–Trinajstić information content (AvgIpc) is 3.22. The predicted octanol–water partition coefficient (Wildman–Crippen LogP) is 3.64. The lowest BCUT2D eigenvalue weighted by Gasteiger charge is -2.15. The van der Waals surface area contributed by atoms with E-state index in [0.717, 1.165) is 24.6 Å². The van der Waals surface area contributed by atoms with E-state index in [-0.39, 0.29) is 35.8 Å². The van der Waals surface area contributed by atoms with Gasteiger partial charge in [0.15, 0.2) is 0 Å². The van der Waals surface area contributed by atoms with Crippen molar-refractivity contribution < 1.29 is 27.4 Å². The number of aromatic nitrogens is 2. The number of fused-ring (bicyclic) bond motifs is 2. The Labute approximate surface area is 180 Å². The molecule has 0 saturated heterocycles. The van der Waals surface area contributed by atoms with Crippen molar-refractivity contribution in [3.63, 3.8) is 0 Å². The molecular weight excluding hydrogens is 427 g/mol. The zero-order valence-electron chi connectivity index (χ0n) is 17.2. The van der Waals surface area contributed by atoms with Crippen LogP contribution in [0.4, 0.5) is 18.9 Å². The Morgan fingerprint density at radius 1 is 1.19 bits per heavy atom. The number of benzene rings is 2. The Kier molecular flexibility index (Phi) is 5.88. The van der Waals surface area contributed by atoms with Crippen molar-refractivity contribution in [1.82, 2.24) is 9.55 Å². The predicted molar refractivity (Wildman–Crippen MR) is 111 cm³/mol. The Morgan fingerprint density at radius 3 is 2.75 bits per heavy atom.